The molecule has 1 atom stereocenters. The van der Waals surface area contributed by atoms with Crippen molar-refractivity contribution in [1.82, 2.24) is 15.5 Å². The summed E-state index contributed by atoms with van der Waals surface area (Å²) in [5.74, 6) is -1.20. The first kappa shape index (κ1) is 27.7. The summed E-state index contributed by atoms with van der Waals surface area (Å²) in [6.45, 7) is 8.80. The van der Waals surface area contributed by atoms with Crippen LogP contribution in [0.5, 0.6) is 0 Å². The van der Waals surface area contributed by atoms with Crippen LogP contribution in [0.15, 0.2) is 12.2 Å². The summed E-state index contributed by atoms with van der Waals surface area (Å²) in [6.07, 6.45) is 3.99. The lowest BCUT2D eigenvalue weighted by Gasteiger charge is -2.34. The van der Waals surface area contributed by atoms with E-state index in [0.717, 1.165) is 11.3 Å². The van der Waals surface area contributed by atoms with Crippen LogP contribution in [0, 0.1) is 0 Å². The topological polar surface area (TPSA) is 134 Å². The maximum atomic E-state index is 11.9. The van der Waals surface area contributed by atoms with Crippen LogP contribution in [0.3, 0.4) is 0 Å². The lowest BCUT2D eigenvalue weighted by molar-refractivity contribution is -0.138. The van der Waals surface area contributed by atoms with Crippen molar-refractivity contribution in [2.75, 3.05) is 39.5 Å². The number of imide groups is 1. The first-order chi connectivity index (χ1) is 15.0. The summed E-state index contributed by atoms with van der Waals surface area (Å²) >= 11 is 0. The average Bonchev–Trinajstić information content (AvgIpc) is 3.08. The minimum absolute atomic E-state index is 0.0341. The van der Waals surface area contributed by atoms with Gasteiger partial charge in [-0.25, -0.2) is 0 Å². The van der Waals surface area contributed by atoms with Crippen molar-refractivity contribution in [2.45, 2.75) is 64.6 Å². The molecule has 0 bridgehead atoms. The largest absolute Gasteiger partial charge is 0.395 e. The van der Waals surface area contributed by atoms with Crippen LogP contribution in [-0.4, -0.2) is 84.3 Å². The number of rotatable bonds is 16. The second-order valence-corrected chi connectivity index (χ2v) is 8.54. The molecule has 1 heterocycles. The van der Waals surface area contributed by atoms with Crippen molar-refractivity contribution in [1.29, 1.82) is 0 Å². The Labute approximate surface area is 189 Å². The van der Waals surface area contributed by atoms with Gasteiger partial charge in [0.15, 0.2) is 0 Å². The quantitative estimate of drug-likeness (QED) is 0.225. The fourth-order valence-corrected chi connectivity index (χ4v) is 2.87. The Kier molecular flexibility index (Phi) is 11.5. The molecule has 0 saturated heterocycles. The van der Waals surface area contributed by atoms with Crippen molar-refractivity contribution >= 4 is 23.6 Å². The Balaban J connectivity index is 2.27. The maximum Gasteiger partial charge on any atom is 0.253 e. The summed E-state index contributed by atoms with van der Waals surface area (Å²) in [6, 6.07) is 0. The molecule has 1 unspecified atom stereocenters. The normalized spacial score (nSPS) is 15.7. The van der Waals surface area contributed by atoms with Crippen LogP contribution in [0.25, 0.3) is 0 Å². The Morgan fingerprint density at radius 1 is 1.00 bits per heavy atom. The molecule has 0 saturated carbocycles. The highest BCUT2D eigenvalue weighted by Crippen LogP contribution is 2.24. The van der Waals surface area contributed by atoms with Gasteiger partial charge in [0.05, 0.1) is 31.0 Å². The minimum atomic E-state index is -0.597. The summed E-state index contributed by atoms with van der Waals surface area (Å²) in [5, 5.41) is 14.1. The first-order valence-electron chi connectivity index (χ1n) is 11.0. The van der Waals surface area contributed by atoms with Gasteiger partial charge in [-0.1, -0.05) is 6.92 Å². The maximum absolute atomic E-state index is 11.9. The molecule has 10 nitrogen and oxygen atoms in total. The Morgan fingerprint density at radius 2 is 1.59 bits per heavy atom. The van der Waals surface area contributed by atoms with Crippen LogP contribution in [0.2, 0.25) is 0 Å². The number of amides is 4. The molecule has 0 aromatic rings. The number of carbonyl (C=O) groups excluding carboxylic acids is 4. The number of hydrogen-bond acceptors (Lipinski definition) is 7. The van der Waals surface area contributed by atoms with E-state index in [-0.39, 0.29) is 44.5 Å². The molecular weight excluding hydrogens is 418 g/mol. The molecule has 182 valence electrons. The standard InChI is InChI=1S/C22H37N3O7/c1-5-22(4,10-8-17(27)23-11-14-26)32-16-21(2,3)31-15-12-24-18(28)9-13-25-19(29)6-7-20(25)30/h6-7,26H,5,8-16H2,1-4H3,(H,23,27)(H,24,28). The molecule has 32 heavy (non-hydrogen) atoms. The van der Waals surface area contributed by atoms with Crippen LogP contribution in [0.4, 0.5) is 0 Å². The predicted octanol–water partition coefficient (Wildman–Crippen LogP) is 0.287. The average molecular weight is 456 g/mol. The van der Waals surface area contributed by atoms with Crippen LogP contribution < -0.4 is 10.6 Å². The number of aliphatic hydroxyl groups is 1. The summed E-state index contributed by atoms with van der Waals surface area (Å²) < 4.78 is 11.9. The first-order valence-corrected chi connectivity index (χ1v) is 11.0. The minimum Gasteiger partial charge on any atom is -0.395 e. The van der Waals surface area contributed by atoms with Crippen molar-refractivity contribution in [2.24, 2.45) is 0 Å². The zero-order chi connectivity index (χ0) is 24.2. The number of carbonyl (C=O) groups is 4. The van der Waals surface area contributed by atoms with Gasteiger partial charge in [0, 0.05) is 44.6 Å². The van der Waals surface area contributed by atoms with Gasteiger partial charge in [0.25, 0.3) is 11.8 Å². The van der Waals surface area contributed by atoms with Gasteiger partial charge in [-0.15, -0.1) is 0 Å². The molecule has 0 radical (unpaired) electrons. The summed E-state index contributed by atoms with van der Waals surface area (Å²) in [4.78, 5) is 47.6. The third-order valence-electron chi connectivity index (χ3n) is 5.21. The molecular formula is C22H37N3O7. The monoisotopic (exact) mass is 455 g/mol. The summed E-state index contributed by atoms with van der Waals surface area (Å²) in [7, 11) is 0. The molecule has 10 heteroatoms. The Hall–Kier alpha value is -2.30. The number of aliphatic hydroxyl groups excluding tert-OH is 1. The molecule has 1 aliphatic heterocycles. The molecule has 0 fully saturated rings. The van der Waals surface area contributed by atoms with Gasteiger partial charge in [-0.2, -0.15) is 0 Å². The molecule has 0 aromatic heterocycles. The lowest BCUT2D eigenvalue weighted by atomic mass is 9.96. The van der Waals surface area contributed by atoms with E-state index in [0.29, 0.717) is 26.0 Å². The predicted molar refractivity (Wildman–Crippen MR) is 117 cm³/mol. The summed E-state index contributed by atoms with van der Waals surface area (Å²) in [5.41, 5.74) is -1.08. The van der Waals surface area contributed by atoms with E-state index >= 15 is 0 Å². The van der Waals surface area contributed by atoms with E-state index in [1.54, 1.807) is 0 Å². The van der Waals surface area contributed by atoms with Crippen molar-refractivity contribution in [3.05, 3.63) is 12.2 Å². The number of nitrogens with one attached hydrogen (secondary N) is 2. The van der Waals surface area contributed by atoms with Crippen LogP contribution >= 0.6 is 0 Å². The highest BCUT2D eigenvalue weighted by molar-refractivity contribution is 6.13. The van der Waals surface area contributed by atoms with Gasteiger partial charge in [0.1, 0.15) is 0 Å². The zero-order valence-corrected chi connectivity index (χ0v) is 19.6. The van der Waals surface area contributed by atoms with E-state index < -0.39 is 23.0 Å². The second kappa shape index (κ2) is 13.3. The Morgan fingerprint density at radius 3 is 2.19 bits per heavy atom. The third-order valence-corrected chi connectivity index (χ3v) is 5.21. The molecule has 0 aromatic carbocycles. The second-order valence-electron chi connectivity index (χ2n) is 8.54. The van der Waals surface area contributed by atoms with Crippen molar-refractivity contribution < 1.29 is 33.8 Å². The van der Waals surface area contributed by atoms with Gasteiger partial charge < -0.3 is 25.2 Å². The molecule has 3 N–H and O–H groups in total. The molecule has 1 rings (SSSR count). The number of hydrogen-bond donors (Lipinski definition) is 3. The van der Waals surface area contributed by atoms with E-state index in [4.69, 9.17) is 14.6 Å². The van der Waals surface area contributed by atoms with E-state index in [1.807, 2.05) is 27.7 Å². The highest BCUT2D eigenvalue weighted by atomic mass is 16.6. The van der Waals surface area contributed by atoms with Crippen LogP contribution in [0.1, 0.15) is 53.4 Å². The fourth-order valence-electron chi connectivity index (χ4n) is 2.87. The zero-order valence-electron chi connectivity index (χ0n) is 19.6. The molecule has 0 spiro atoms. The van der Waals surface area contributed by atoms with E-state index in [2.05, 4.69) is 10.6 Å². The molecule has 4 amide bonds. The van der Waals surface area contributed by atoms with E-state index in [9.17, 15) is 19.2 Å². The van der Waals surface area contributed by atoms with Gasteiger partial charge in [0.2, 0.25) is 11.8 Å². The number of ether oxygens (including phenoxy) is 2. The SMILES string of the molecule is CCC(C)(CCC(=O)NCCO)OCC(C)(C)OCCNC(=O)CCN1C(=O)C=CC1=O. The van der Waals surface area contributed by atoms with E-state index in [1.165, 1.54) is 12.2 Å². The third kappa shape index (κ3) is 10.3. The number of nitrogens with zero attached hydrogens (tertiary/aromatic N) is 1. The van der Waals surface area contributed by atoms with Crippen molar-refractivity contribution in [3.8, 4) is 0 Å². The fraction of sp³-hybridized carbons (Fsp3) is 0.727. The van der Waals surface area contributed by atoms with Gasteiger partial charge in [-0.05, 0) is 33.6 Å². The lowest BCUT2D eigenvalue weighted by Crippen LogP contribution is -2.40. The highest BCUT2D eigenvalue weighted by Gasteiger charge is 2.28. The molecule has 0 aliphatic carbocycles. The molecule has 1 aliphatic rings. The van der Waals surface area contributed by atoms with Gasteiger partial charge >= 0.3 is 0 Å². The van der Waals surface area contributed by atoms with Crippen LogP contribution in [-0.2, 0) is 28.7 Å². The Bertz CT molecular complexity index is 675. The van der Waals surface area contributed by atoms with Crippen molar-refractivity contribution in [3.63, 3.8) is 0 Å². The smallest absolute Gasteiger partial charge is 0.253 e. The van der Waals surface area contributed by atoms with Gasteiger partial charge in [-0.3, -0.25) is 24.1 Å².